The highest BCUT2D eigenvalue weighted by Crippen LogP contribution is 2.11. The lowest BCUT2D eigenvalue weighted by Crippen LogP contribution is -2.40. The van der Waals surface area contributed by atoms with Gasteiger partial charge in [0.05, 0.1) is 6.61 Å². The maximum atomic E-state index is 11.3. The third-order valence-corrected chi connectivity index (χ3v) is 1.70. The lowest BCUT2D eigenvalue weighted by Gasteiger charge is -2.20. The molecule has 16 heavy (non-hydrogen) atoms. The number of aliphatic imine (C=N–C) groups is 1. The summed E-state index contributed by atoms with van der Waals surface area (Å²) in [7, 11) is 0. The van der Waals surface area contributed by atoms with Crippen molar-refractivity contribution in [2.75, 3.05) is 6.61 Å². The van der Waals surface area contributed by atoms with Gasteiger partial charge < -0.3 is 15.6 Å². The Morgan fingerprint density at radius 3 is 2.81 bits per heavy atom. The zero-order valence-corrected chi connectivity index (χ0v) is 9.64. The molecule has 90 valence electrons. The molecule has 3 N–H and O–H groups in total. The molecule has 0 amide bonds. The van der Waals surface area contributed by atoms with Crippen molar-refractivity contribution in [2.24, 2.45) is 10.7 Å². The lowest BCUT2D eigenvalue weighted by molar-refractivity contribution is -0.162. The predicted molar refractivity (Wildman–Crippen MR) is 62.8 cm³/mol. The summed E-state index contributed by atoms with van der Waals surface area (Å²) in [4.78, 5) is 15.1. The van der Waals surface area contributed by atoms with Crippen LogP contribution in [0.2, 0.25) is 0 Å². The summed E-state index contributed by atoms with van der Waals surface area (Å²) in [5.74, 6) is -0.558. The first-order chi connectivity index (χ1) is 7.44. The van der Waals surface area contributed by atoms with Gasteiger partial charge in [-0.2, -0.15) is 0 Å². The van der Waals surface area contributed by atoms with E-state index in [2.05, 4.69) is 11.6 Å². The molecule has 0 bridgehead atoms. The fraction of sp³-hybridized carbons (Fsp3) is 0.455. The van der Waals surface area contributed by atoms with E-state index >= 15 is 0 Å². The minimum absolute atomic E-state index is 0.0761. The van der Waals surface area contributed by atoms with Gasteiger partial charge >= 0.3 is 5.97 Å². The van der Waals surface area contributed by atoms with E-state index in [1.54, 1.807) is 19.1 Å². The van der Waals surface area contributed by atoms with Crippen molar-refractivity contribution in [2.45, 2.75) is 25.9 Å². The number of hydrogen-bond donors (Lipinski definition) is 2. The van der Waals surface area contributed by atoms with E-state index in [9.17, 15) is 9.90 Å². The number of hydrogen-bond acceptors (Lipinski definition) is 4. The van der Waals surface area contributed by atoms with Crippen LogP contribution in [0.25, 0.3) is 0 Å². The maximum absolute atomic E-state index is 11.3. The highest BCUT2D eigenvalue weighted by molar-refractivity contribution is 5.89. The van der Waals surface area contributed by atoms with Crippen molar-refractivity contribution >= 4 is 11.8 Å². The van der Waals surface area contributed by atoms with Crippen molar-refractivity contribution in [3.8, 4) is 0 Å². The van der Waals surface area contributed by atoms with Crippen LogP contribution in [-0.2, 0) is 9.53 Å². The average molecular weight is 226 g/mol. The molecule has 0 fully saturated rings. The van der Waals surface area contributed by atoms with E-state index in [1.807, 2.05) is 0 Å². The van der Waals surface area contributed by atoms with Crippen LogP contribution in [0.1, 0.15) is 20.3 Å². The number of rotatable bonds is 6. The summed E-state index contributed by atoms with van der Waals surface area (Å²) in [5.41, 5.74) is 3.88. The molecule has 0 saturated heterocycles. The van der Waals surface area contributed by atoms with Gasteiger partial charge in [0.15, 0.2) is 5.60 Å². The molecule has 0 aliphatic rings. The molecule has 0 aromatic carbocycles. The van der Waals surface area contributed by atoms with Gasteiger partial charge in [-0.3, -0.25) is 0 Å². The number of amidine groups is 1. The quantitative estimate of drug-likeness (QED) is 0.303. The molecule has 0 rings (SSSR count). The molecule has 0 aromatic rings. The Kier molecular flexibility index (Phi) is 6.10. The standard InChI is InChI=1S/C11H18N2O3/c1-4-6-7-13-9(12)8-11(3,15)10(14)16-5-2/h4,6-7,15H,1,5,8H2,2-3H3,(H2,12,13)/b7-6-. The van der Waals surface area contributed by atoms with E-state index in [1.165, 1.54) is 13.1 Å². The molecular formula is C11H18N2O3. The SMILES string of the molecule is C=C/C=C\N=C(N)CC(C)(O)C(=O)OCC. The van der Waals surface area contributed by atoms with Crippen molar-refractivity contribution in [1.82, 2.24) is 0 Å². The number of nitrogens with two attached hydrogens (primary N) is 1. The van der Waals surface area contributed by atoms with E-state index < -0.39 is 11.6 Å². The lowest BCUT2D eigenvalue weighted by atomic mass is 10.0. The van der Waals surface area contributed by atoms with Crippen LogP contribution < -0.4 is 5.73 Å². The van der Waals surface area contributed by atoms with Gasteiger partial charge in [0.25, 0.3) is 0 Å². The molecule has 0 heterocycles. The first-order valence-electron chi connectivity index (χ1n) is 4.93. The summed E-state index contributed by atoms with van der Waals surface area (Å²) in [6.45, 7) is 6.68. The summed E-state index contributed by atoms with van der Waals surface area (Å²) in [6, 6.07) is 0. The Hall–Kier alpha value is -1.62. The summed E-state index contributed by atoms with van der Waals surface area (Å²) >= 11 is 0. The second-order valence-corrected chi connectivity index (χ2v) is 3.37. The topological polar surface area (TPSA) is 84.9 Å². The Balaban J connectivity index is 4.45. The summed E-state index contributed by atoms with van der Waals surface area (Å²) in [6.07, 6.45) is 4.49. The second-order valence-electron chi connectivity index (χ2n) is 3.37. The molecule has 0 aliphatic heterocycles. The van der Waals surface area contributed by atoms with Gasteiger partial charge in [0.1, 0.15) is 5.84 Å². The third kappa shape index (κ3) is 5.31. The Bertz CT molecular complexity index is 306. The number of ether oxygens (including phenoxy) is 1. The monoisotopic (exact) mass is 226 g/mol. The van der Waals surface area contributed by atoms with Gasteiger partial charge in [0, 0.05) is 12.6 Å². The van der Waals surface area contributed by atoms with E-state index in [0.29, 0.717) is 0 Å². The highest BCUT2D eigenvalue weighted by atomic mass is 16.5. The van der Waals surface area contributed by atoms with Crippen LogP contribution in [0.4, 0.5) is 0 Å². The van der Waals surface area contributed by atoms with Crippen LogP contribution in [0.5, 0.6) is 0 Å². The first-order valence-corrected chi connectivity index (χ1v) is 4.93. The van der Waals surface area contributed by atoms with Crippen molar-refractivity contribution < 1.29 is 14.6 Å². The van der Waals surface area contributed by atoms with Gasteiger partial charge in [-0.05, 0) is 19.9 Å². The minimum atomic E-state index is -1.65. The van der Waals surface area contributed by atoms with Gasteiger partial charge in [-0.1, -0.05) is 12.7 Å². The molecular weight excluding hydrogens is 208 g/mol. The average Bonchev–Trinajstić information content (AvgIpc) is 2.17. The number of nitrogens with zero attached hydrogens (tertiary/aromatic N) is 1. The zero-order valence-electron chi connectivity index (χ0n) is 9.64. The van der Waals surface area contributed by atoms with Crippen molar-refractivity contribution in [3.05, 3.63) is 24.9 Å². The van der Waals surface area contributed by atoms with Gasteiger partial charge in [-0.15, -0.1) is 0 Å². The Morgan fingerprint density at radius 1 is 1.69 bits per heavy atom. The zero-order chi connectivity index (χ0) is 12.6. The minimum Gasteiger partial charge on any atom is -0.464 e. The molecule has 5 heteroatoms. The van der Waals surface area contributed by atoms with Crippen LogP contribution in [0.15, 0.2) is 29.9 Å². The molecule has 1 unspecified atom stereocenters. The smallest absolute Gasteiger partial charge is 0.338 e. The van der Waals surface area contributed by atoms with Crippen LogP contribution in [0, 0.1) is 0 Å². The Morgan fingerprint density at radius 2 is 2.31 bits per heavy atom. The number of carbonyl (C=O) groups excluding carboxylic acids is 1. The number of aliphatic hydroxyl groups is 1. The third-order valence-electron chi connectivity index (χ3n) is 1.70. The van der Waals surface area contributed by atoms with Crippen molar-refractivity contribution in [3.63, 3.8) is 0 Å². The number of allylic oxidation sites excluding steroid dienone is 2. The number of esters is 1. The van der Waals surface area contributed by atoms with Gasteiger partial charge in [-0.25, -0.2) is 9.79 Å². The fourth-order valence-electron chi connectivity index (χ4n) is 0.957. The summed E-state index contributed by atoms with van der Waals surface area (Å²) in [5, 5.41) is 9.76. The Labute approximate surface area is 95.3 Å². The van der Waals surface area contributed by atoms with E-state index in [0.717, 1.165) is 0 Å². The molecule has 1 atom stereocenters. The van der Waals surface area contributed by atoms with E-state index in [4.69, 9.17) is 10.5 Å². The summed E-state index contributed by atoms with van der Waals surface area (Å²) < 4.78 is 4.70. The highest BCUT2D eigenvalue weighted by Gasteiger charge is 2.32. The molecule has 5 nitrogen and oxygen atoms in total. The molecule has 0 radical (unpaired) electrons. The fourth-order valence-corrected chi connectivity index (χ4v) is 0.957. The molecule has 0 aliphatic carbocycles. The first kappa shape index (κ1) is 14.4. The van der Waals surface area contributed by atoms with Gasteiger partial charge in [0.2, 0.25) is 0 Å². The number of carbonyl (C=O) groups is 1. The van der Waals surface area contributed by atoms with Crippen LogP contribution in [0.3, 0.4) is 0 Å². The van der Waals surface area contributed by atoms with E-state index in [-0.39, 0.29) is 18.9 Å². The predicted octanol–water partition coefficient (Wildman–Crippen LogP) is 0.748. The largest absolute Gasteiger partial charge is 0.464 e. The van der Waals surface area contributed by atoms with Crippen molar-refractivity contribution in [1.29, 1.82) is 0 Å². The maximum Gasteiger partial charge on any atom is 0.338 e. The van der Waals surface area contributed by atoms with Crippen LogP contribution in [-0.4, -0.2) is 29.1 Å². The second kappa shape index (κ2) is 6.79. The van der Waals surface area contributed by atoms with Crippen LogP contribution >= 0.6 is 0 Å². The molecule has 0 saturated carbocycles. The molecule has 0 spiro atoms. The molecule has 0 aromatic heterocycles. The normalized spacial score (nSPS) is 15.8.